The largest absolute Gasteiger partial charge is 0.399 e. The van der Waals surface area contributed by atoms with Crippen molar-refractivity contribution in [2.45, 2.75) is 11.3 Å². The number of ether oxygens (including phenoxy) is 1. The van der Waals surface area contributed by atoms with Gasteiger partial charge >= 0.3 is 0 Å². The summed E-state index contributed by atoms with van der Waals surface area (Å²) in [6.07, 6.45) is -2.56. The maximum atomic E-state index is 11.7. The molecule has 0 radical (unpaired) electrons. The molecular formula is C10H14F2N2O3S. The van der Waals surface area contributed by atoms with E-state index in [1.165, 1.54) is 18.2 Å². The third-order valence-corrected chi connectivity index (χ3v) is 3.41. The van der Waals surface area contributed by atoms with Crippen LogP contribution in [0.25, 0.3) is 0 Å². The minimum atomic E-state index is -3.68. The lowest BCUT2D eigenvalue weighted by Gasteiger charge is -2.07. The molecule has 1 aromatic rings. The molecule has 0 unspecified atom stereocenters. The van der Waals surface area contributed by atoms with Crippen molar-refractivity contribution in [3.05, 3.63) is 24.3 Å². The lowest BCUT2D eigenvalue weighted by atomic mass is 10.3. The van der Waals surface area contributed by atoms with Crippen LogP contribution >= 0.6 is 0 Å². The zero-order valence-corrected chi connectivity index (χ0v) is 10.3. The van der Waals surface area contributed by atoms with Crippen molar-refractivity contribution in [2.24, 2.45) is 0 Å². The Morgan fingerprint density at radius 2 is 2.11 bits per heavy atom. The Balaban J connectivity index is 2.46. The summed E-state index contributed by atoms with van der Waals surface area (Å²) in [4.78, 5) is 0.0244. The lowest BCUT2D eigenvalue weighted by molar-refractivity contribution is 0.0199. The molecule has 18 heavy (non-hydrogen) atoms. The highest BCUT2D eigenvalue weighted by Crippen LogP contribution is 2.12. The van der Waals surface area contributed by atoms with Crippen LogP contribution in [0, 0.1) is 0 Å². The van der Waals surface area contributed by atoms with Crippen molar-refractivity contribution in [1.29, 1.82) is 0 Å². The SMILES string of the molecule is Nc1cccc(S(=O)(=O)NCCOCC(F)F)c1. The highest BCUT2D eigenvalue weighted by atomic mass is 32.2. The first-order valence-corrected chi connectivity index (χ1v) is 6.61. The number of benzene rings is 1. The Labute approximate surface area is 104 Å². The molecule has 0 aromatic heterocycles. The van der Waals surface area contributed by atoms with Gasteiger partial charge in [0.1, 0.15) is 6.61 Å². The molecule has 3 N–H and O–H groups in total. The second-order valence-corrected chi connectivity index (χ2v) is 5.20. The average molecular weight is 280 g/mol. The average Bonchev–Trinajstić information content (AvgIpc) is 2.28. The number of nitrogens with two attached hydrogens (primary N) is 1. The Morgan fingerprint density at radius 3 is 2.72 bits per heavy atom. The zero-order valence-electron chi connectivity index (χ0n) is 9.47. The first-order chi connectivity index (χ1) is 8.42. The summed E-state index contributed by atoms with van der Waals surface area (Å²) in [6, 6.07) is 5.77. The van der Waals surface area contributed by atoms with Crippen LogP contribution in [0.3, 0.4) is 0 Å². The predicted molar refractivity (Wildman–Crippen MR) is 62.9 cm³/mol. The molecule has 0 aliphatic rings. The standard InChI is InChI=1S/C10H14F2N2O3S/c11-10(12)7-17-5-4-14-18(15,16)9-3-1-2-8(13)6-9/h1-3,6,10,14H,4-5,7,13H2. The van der Waals surface area contributed by atoms with Gasteiger partial charge in [0.05, 0.1) is 11.5 Å². The van der Waals surface area contributed by atoms with E-state index in [-0.39, 0.29) is 18.0 Å². The minimum Gasteiger partial charge on any atom is -0.399 e. The molecule has 0 heterocycles. The summed E-state index contributed by atoms with van der Waals surface area (Å²) >= 11 is 0. The van der Waals surface area contributed by atoms with Gasteiger partial charge in [-0.25, -0.2) is 21.9 Å². The van der Waals surface area contributed by atoms with Gasteiger partial charge in [-0.05, 0) is 18.2 Å². The van der Waals surface area contributed by atoms with Gasteiger partial charge in [0.2, 0.25) is 10.0 Å². The van der Waals surface area contributed by atoms with Crippen molar-refractivity contribution in [2.75, 3.05) is 25.5 Å². The third-order valence-electron chi connectivity index (χ3n) is 1.95. The van der Waals surface area contributed by atoms with Gasteiger partial charge in [-0.15, -0.1) is 0 Å². The van der Waals surface area contributed by atoms with Gasteiger partial charge in [0, 0.05) is 12.2 Å². The van der Waals surface area contributed by atoms with Gasteiger partial charge in [-0.3, -0.25) is 0 Å². The summed E-state index contributed by atoms with van der Waals surface area (Å²) in [7, 11) is -3.68. The number of sulfonamides is 1. The number of alkyl halides is 2. The van der Waals surface area contributed by atoms with Gasteiger partial charge in [0.15, 0.2) is 0 Å². The molecule has 102 valence electrons. The number of hydrogen-bond donors (Lipinski definition) is 2. The van der Waals surface area contributed by atoms with Crippen LogP contribution in [0.1, 0.15) is 0 Å². The zero-order chi connectivity index (χ0) is 13.6. The predicted octanol–water partition coefficient (Wildman–Crippen LogP) is 0.829. The molecule has 1 rings (SSSR count). The first kappa shape index (κ1) is 14.8. The normalized spacial score (nSPS) is 11.9. The van der Waals surface area contributed by atoms with Crippen LogP contribution in [-0.2, 0) is 14.8 Å². The fraction of sp³-hybridized carbons (Fsp3) is 0.400. The fourth-order valence-electron chi connectivity index (χ4n) is 1.19. The second kappa shape index (κ2) is 6.62. The minimum absolute atomic E-state index is 0.0244. The second-order valence-electron chi connectivity index (χ2n) is 3.44. The molecule has 0 bridgehead atoms. The van der Waals surface area contributed by atoms with E-state index in [4.69, 9.17) is 5.73 Å². The number of nitrogen functional groups attached to an aromatic ring is 1. The molecule has 0 fully saturated rings. The van der Waals surface area contributed by atoms with Crippen LogP contribution < -0.4 is 10.5 Å². The summed E-state index contributed by atoms with van der Waals surface area (Å²) in [6.45, 7) is -0.907. The molecule has 0 aliphatic carbocycles. The van der Waals surface area contributed by atoms with E-state index in [1.54, 1.807) is 6.07 Å². The van der Waals surface area contributed by atoms with E-state index in [0.717, 1.165) is 0 Å². The highest BCUT2D eigenvalue weighted by molar-refractivity contribution is 7.89. The number of nitrogens with one attached hydrogen (secondary N) is 1. The molecule has 1 aromatic carbocycles. The molecular weight excluding hydrogens is 266 g/mol. The molecule has 0 spiro atoms. The number of anilines is 1. The van der Waals surface area contributed by atoms with Crippen LogP contribution in [-0.4, -0.2) is 34.6 Å². The Morgan fingerprint density at radius 1 is 1.39 bits per heavy atom. The topological polar surface area (TPSA) is 81.4 Å². The first-order valence-electron chi connectivity index (χ1n) is 5.13. The Hall–Kier alpha value is -1.25. The van der Waals surface area contributed by atoms with Crippen molar-refractivity contribution < 1.29 is 21.9 Å². The third kappa shape index (κ3) is 4.94. The summed E-state index contributed by atoms with van der Waals surface area (Å²) in [5, 5.41) is 0. The van der Waals surface area contributed by atoms with E-state index < -0.39 is 23.1 Å². The fourth-order valence-corrected chi connectivity index (χ4v) is 2.25. The number of rotatable bonds is 7. The van der Waals surface area contributed by atoms with Crippen LogP contribution in [0.15, 0.2) is 29.2 Å². The quantitative estimate of drug-likeness (QED) is 0.572. The van der Waals surface area contributed by atoms with E-state index >= 15 is 0 Å². The maximum Gasteiger partial charge on any atom is 0.261 e. The van der Waals surface area contributed by atoms with Gasteiger partial charge in [-0.2, -0.15) is 0 Å². The molecule has 0 amide bonds. The number of hydrogen-bond acceptors (Lipinski definition) is 4. The summed E-state index contributed by atoms with van der Waals surface area (Å²) < 4.78 is 53.6. The van der Waals surface area contributed by atoms with Crippen molar-refractivity contribution >= 4 is 15.7 Å². The van der Waals surface area contributed by atoms with E-state index in [9.17, 15) is 17.2 Å². The maximum absolute atomic E-state index is 11.7. The van der Waals surface area contributed by atoms with Crippen molar-refractivity contribution in [3.63, 3.8) is 0 Å². The Bertz CT molecular complexity index is 480. The summed E-state index contributed by atoms with van der Waals surface area (Å²) in [5.74, 6) is 0. The van der Waals surface area contributed by atoms with E-state index in [1.807, 2.05) is 0 Å². The van der Waals surface area contributed by atoms with Crippen LogP contribution in [0.2, 0.25) is 0 Å². The van der Waals surface area contributed by atoms with Crippen molar-refractivity contribution in [1.82, 2.24) is 4.72 Å². The summed E-state index contributed by atoms with van der Waals surface area (Å²) in [5.41, 5.74) is 5.79. The van der Waals surface area contributed by atoms with Gasteiger partial charge in [-0.1, -0.05) is 6.07 Å². The van der Waals surface area contributed by atoms with Crippen LogP contribution in [0.5, 0.6) is 0 Å². The molecule has 0 atom stereocenters. The van der Waals surface area contributed by atoms with E-state index in [2.05, 4.69) is 9.46 Å². The van der Waals surface area contributed by atoms with E-state index in [0.29, 0.717) is 5.69 Å². The smallest absolute Gasteiger partial charge is 0.261 e. The number of halogens is 2. The van der Waals surface area contributed by atoms with Crippen LogP contribution in [0.4, 0.5) is 14.5 Å². The van der Waals surface area contributed by atoms with Gasteiger partial charge in [0.25, 0.3) is 6.43 Å². The molecule has 0 saturated heterocycles. The molecule has 0 aliphatic heterocycles. The lowest BCUT2D eigenvalue weighted by Crippen LogP contribution is -2.28. The molecule has 0 saturated carbocycles. The highest BCUT2D eigenvalue weighted by Gasteiger charge is 2.13. The Kier molecular flexibility index (Phi) is 5.45. The van der Waals surface area contributed by atoms with Crippen molar-refractivity contribution in [3.8, 4) is 0 Å². The molecule has 8 heteroatoms. The monoisotopic (exact) mass is 280 g/mol. The van der Waals surface area contributed by atoms with Gasteiger partial charge < -0.3 is 10.5 Å². The molecule has 5 nitrogen and oxygen atoms in total.